The van der Waals surface area contributed by atoms with Crippen LogP contribution in [-0.4, -0.2) is 4.98 Å². The minimum Gasteiger partial charge on any atom is -0.271 e. The molecule has 1 atom stereocenters. The highest BCUT2D eigenvalue weighted by Crippen LogP contribution is 2.26. The number of benzene rings is 1. The molecule has 1 aromatic heterocycles. The van der Waals surface area contributed by atoms with Crippen LogP contribution in [0, 0.1) is 5.82 Å². The summed E-state index contributed by atoms with van der Waals surface area (Å²) in [5, 5.41) is 0.501. The van der Waals surface area contributed by atoms with E-state index >= 15 is 0 Å². The van der Waals surface area contributed by atoms with Crippen LogP contribution >= 0.6 is 27.5 Å². The van der Waals surface area contributed by atoms with Gasteiger partial charge in [0, 0.05) is 16.9 Å². The standard InChI is InChI=1S/C13H12BrClFN3/c14-9-1-2-12(16)8(5-9)6-13(19-17)10-3-4-18-7-11(10)15/h1-5,7,13,19H,6,17H2. The molecular weight excluding hydrogens is 333 g/mol. The summed E-state index contributed by atoms with van der Waals surface area (Å²) in [5.74, 6) is 5.28. The monoisotopic (exact) mass is 343 g/mol. The third-order valence-electron chi connectivity index (χ3n) is 2.81. The Labute approximate surface area is 124 Å². The van der Waals surface area contributed by atoms with Crippen molar-refractivity contribution in [3.05, 3.63) is 63.1 Å². The highest BCUT2D eigenvalue weighted by molar-refractivity contribution is 9.10. The summed E-state index contributed by atoms with van der Waals surface area (Å²) in [4.78, 5) is 3.92. The molecule has 0 saturated heterocycles. The van der Waals surface area contributed by atoms with E-state index in [2.05, 4.69) is 26.3 Å². The fourth-order valence-corrected chi connectivity index (χ4v) is 2.51. The maximum absolute atomic E-state index is 13.7. The van der Waals surface area contributed by atoms with Crippen molar-refractivity contribution in [2.75, 3.05) is 0 Å². The average Bonchev–Trinajstić information content (AvgIpc) is 2.41. The minimum absolute atomic E-state index is 0.270. The van der Waals surface area contributed by atoms with E-state index in [1.165, 1.54) is 6.07 Å². The molecule has 0 spiro atoms. The van der Waals surface area contributed by atoms with Crippen LogP contribution < -0.4 is 11.3 Å². The smallest absolute Gasteiger partial charge is 0.126 e. The Kier molecular flexibility index (Phi) is 4.87. The van der Waals surface area contributed by atoms with Gasteiger partial charge in [-0.2, -0.15) is 0 Å². The molecule has 0 bridgehead atoms. The summed E-state index contributed by atoms with van der Waals surface area (Å²) >= 11 is 9.40. The summed E-state index contributed by atoms with van der Waals surface area (Å²) in [6, 6.07) is 6.29. The first kappa shape index (κ1) is 14.4. The van der Waals surface area contributed by atoms with Crippen molar-refractivity contribution < 1.29 is 4.39 Å². The molecule has 1 unspecified atom stereocenters. The highest BCUT2D eigenvalue weighted by Gasteiger charge is 2.16. The molecule has 3 nitrogen and oxygen atoms in total. The lowest BCUT2D eigenvalue weighted by Crippen LogP contribution is -2.30. The average molecular weight is 345 g/mol. The van der Waals surface area contributed by atoms with Crippen molar-refractivity contribution in [3.8, 4) is 0 Å². The number of hydrazine groups is 1. The molecule has 0 radical (unpaired) electrons. The van der Waals surface area contributed by atoms with Crippen molar-refractivity contribution in [1.29, 1.82) is 0 Å². The van der Waals surface area contributed by atoms with Crippen molar-refractivity contribution in [3.63, 3.8) is 0 Å². The van der Waals surface area contributed by atoms with Crippen LogP contribution in [0.3, 0.4) is 0 Å². The van der Waals surface area contributed by atoms with Crippen LogP contribution in [-0.2, 0) is 6.42 Å². The van der Waals surface area contributed by atoms with Gasteiger partial charge >= 0.3 is 0 Å². The van der Waals surface area contributed by atoms with E-state index in [-0.39, 0.29) is 11.9 Å². The second-order valence-electron chi connectivity index (χ2n) is 4.06. The molecule has 1 aromatic carbocycles. The molecule has 3 N–H and O–H groups in total. The predicted molar refractivity (Wildman–Crippen MR) is 77.1 cm³/mol. The van der Waals surface area contributed by atoms with Gasteiger partial charge < -0.3 is 0 Å². The fraction of sp³-hybridized carbons (Fsp3) is 0.154. The second kappa shape index (κ2) is 6.43. The zero-order valence-electron chi connectivity index (χ0n) is 9.91. The van der Waals surface area contributed by atoms with Gasteiger partial charge in [0.05, 0.1) is 11.1 Å². The molecule has 6 heteroatoms. The molecule has 0 aliphatic heterocycles. The van der Waals surface area contributed by atoms with Gasteiger partial charge in [-0.05, 0) is 41.8 Å². The molecule has 0 fully saturated rings. The summed E-state index contributed by atoms with van der Waals surface area (Å²) in [6.07, 6.45) is 3.56. The molecule has 0 amide bonds. The maximum atomic E-state index is 13.7. The highest BCUT2D eigenvalue weighted by atomic mass is 79.9. The van der Waals surface area contributed by atoms with E-state index < -0.39 is 0 Å². The zero-order chi connectivity index (χ0) is 13.8. The first-order valence-corrected chi connectivity index (χ1v) is 6.78. The number of halogens is 3. The first-order chi connectivity index (χ1) is 9.11. The molecule has 0 saturated carbocycles. The Morgan fingerprint density at radius 1 is 1.42 bits per heavy atom. The van der Waals surface area contributed by atoms with Crippen LogP contribution in [0.4, 0.5) is 4.39 Å². The molecule has 0 aliphatic carbocycles. The van der Waals surface area contributed by atoms with E-state index in [1.807, 2.05) is 0 Å². The number of nitrogens with two attached hydrogens (primary N) is 1. The van der Waals surface area contributed by atoms with Gasteiger partial charge in [0.2, 0.25) is 0 Å². The van der Waals surface area contributed by atoms with Gasteiger partial charge in [0.1, 0.15) is 5.82 Å². The zero-order valence-corrected chi connectivity index (χ0v) is 12.2. The second-order valence-corrected chi connectivity index (χ2v) is 5.38. The Hall–Kier alpha value is -1.01. The van der Waals surface area contributed by atoms with Gasteiger partial charge in [-0.3, -0.25) is 16.3 Å². The van der Waals surface area contributed by atoms with Crippen LogP contribution in [0.25, 0.3) is 0 Å². The number of pyridine rings is 1. The first-order valence-electron chi connectivity index (χ1n) is 5.61. The number of nitrogens with zero attached hydrogens (tertiary/aromatic N) is 1. The normalized spacial score (nSPS) is 12.4. The Balaban J connectivity index is 2.29. The van der Waals surface area contributed by atoms with Crippen molar-refractivity contribution in [2.45, 2.75) is 12.5 Å². The molecule has 1 heterocycles. The molecule has 2 rings (SSSR count). The lowest BCUT2D eigenvalue weighted by Gasteiger charge is -2.18. The van der Waals surface area contributed by atoms with Gasteiger partial charge in [0.25, 0.3) is 0 Å². The van der Waals surface area contributed by atoms with Gasteiger partial charge in [-0.25, -0.2) is 4.39 Å². The summed E-state index contributed by atoms with van der Waals surface area (Å²) in [7, 11) is 0. The van der Waals surface area contributed by atoms with Crippen LogP contribution in [0.1, 0.15) is 17.2 Å². The van der Waals surface area contributed by atoms with Gasteiger partial charge in [-0.15, -0.1) is 0 Å². The van der Waals surface area contributed by atoms with E-state index in [0.29, 0.717) is 17.0 Å². The largest absolute Gasteiger partial charge is 0.271 e. The lowest BCUT2D eigenvalue weighted by atomic mass is 10.00. The quantitative estimate of drug-likeness (QED) is 0.660. The molecule has 100 valence electrons. The number of aromatic nitrogens is 1. The summed E-state index contributed by atoms with van der Waals surface area (Å²) in [6.45, 7) is 0. The third-order valence-corrected chi connectivity index (χ3v) is 3.62. The number of rotatable bonds is 4. The van der Waals surface area contributed by atoms with Crippen LogP contribution in [0.15, 0.2) is 41.1 Å². The Morgan fingerprint density at radius 3 is 2.89 bits per heavy atom. The van der Waals surface area contributed by atoms with Crippen molar-refractivity contribution in [1.82, 2.24) is 10.4 Å². The topological polar surface area (TPSA) is 50.9 Å². The Morgan fingerprint density at radius 2 is 2.21 bits per heavy atom. The number of nitrogens with one attached hydrogen (secondary N) is 1. The van der Waals surface area contributed by atoms with E-state index in [9.17, 15) is 4.39 Å². The minimum atomic E-state index is -0.278. The van der Waals surface area contributed by atoms with Crippen LogP contribution in [0.2, 0.25) is 5.02 Å². The predicted octanol–water partition coefficient (Wildman–Crippen LogP) is 3.38. The van der Waals surface area contributed by atoms with E-state index in [0.717, 1.165) is 10.0 Å². The molecule has 19 heavy (non-hydrogen) atoms. The van der Waals surface area contributed by atoms with E-state index in [1.54, 1.807) is 30.6 Å². The molecular formula is C13H12BrClFN3. The summed E-state index contributed by atoms with van der Waals surface area (Å²) < 4.78 is 14.6. The van der Waals surface area contributed by atoms with E-state index in [4.69, 9.17) is 17.4 Å². The van der Waals surface area contributed by atoms with Gasteiger partial charge in [0.15, 0.2) is 0 Å². The van der Waals surface area contributed by atoms with Crippen LogP contribution in [0.5, 0.6) is 0 Å². The van der Waals surface area contributed by atoms with Crippen molar-refractivity contribution >= 4 is 27.5 Å². The van der Waals surface area contributed by atoms with Gasteiger partial charge in [-0.1, -0.05) is 27.5 Å². The number of hydrogen-bond acceptors (Lipinski definition) is 3. The lowest BCUT2D eigenvalue weighted by molar-refractivity contribution is 0.528. The fourth-order valence-electron chi connectivity index (χ4n) is 1.85. The maximum Gasteiger partial charge on any atom is 0.126 e. The van der Waals surface area contributed by atoms with Crippen molar-refractivity contribution in [2.24, 2.45) is 5.84 Å². The SMILES string of the molecule is NNC(Cc1cc(Br)ccc1F)c1ccncc1Cl. The Bertz CT molecular complexity index is 580. The molecule has 0 aliphatic rings. The number of hydrogen-bond donors (Lipinski definition) is 2. The summed E-state index contributed by atoms with van der Waals surface area (Å²) in [5.41, 5.74) is 4.01. The molecule has 2 aromatic rings. The third kappa shape index (κ3) is 3.51.